The zero-order chi connectivity index (χ0) is 29.9. The number of hydrogen-bond donors (Lipinski definition) is 3. The number of aromatic nitrogens is 2. The van der Waals surface area contributed by atoms with Gasteiger partial charge in [0.1, 0.15) is 0 Å². The van der Waals surface area contributed by atoms with Crippen molar-refractivity contribution in [2.75, 3.05) is 7.11 Å². The number of aliphatic imine (C=N–C) groups is 1. The van der Waals surface area contributed by atoms with Gasteiger partial charge in [-0.3, -0.25) is 14.6 Å². The third kappa shape index (κ3) is 6.65. The molecule has 11 heteroatoms. The largest absolute Gasteiger partial charge is 3.00 e. The number of Topliss-reactive ketones (excluding diaryl/α,β-unsaturated/α-hetero) is 1. The van der Waals surface area contributed by atoms with Crippen LogP contribution in [0.25, 0.3) is 29.9 Å². The van der Waals surface area contributed by atoms with E-state index in [1.54, 1.807) is 0 Å². The van der Waals surface area contributed by atoms with E-state index in [0.29, 0.717) is 19.3 Å². The molecule has 0 saturated heterocycles. The predicted molar refractivity (Wildman–Crippen MR) is 175 cm³/mol. The Bertz CT molecular complexity index is 1810. The predicted octanol–water partition coefficient (Wildman–Crippen LogP) is -4.10. The van der Waals surface area contributed by atoms with Crippen molar-refractivity contribution < 1.29 is 51.5 Å². The van der Waals surface area contributed by atoms with Crippen molar-refractivity contribution in [2.24, 2.45) is 16.8 Å². The first-order valence-electron chi connectivity index (χ1n) is 15.0. The number of nitrogens with zero attached hydrogens (tertiary/aromatic N) is 1. The van der Waals surface area contributed by atoms with Gasteiger partial charge in [0.15, 0.2) is 5.78 Å². The molecule has 0 saturated carbocycles. The SMILES string of the molecule is C=Cc1c2[nH]c(c1C)/C=C1\N=C(C3=c4[nH]/c(c(C)c4C(=O)C3)=C\C3N/C(=C\2)C(C)=C3CC)C(CCCC(=O)OC)C1C.[Cl-].[Cl-].[Cl-].[In+3]. The molecule has 8 bridgehead atoms. The maximum Gasteiger partial charge on any atom is 3.00 e. The van der Waals surface area contributed by atoms with Gasteiger partial charge in [-0.2, -0.15) is 0 Å². The van der Waals surface area contributed by atoms with Gasteiger partial charge in [0, 0.05) is 69.5 Å². The molecule has 3 N–H and O–H groups in total. The molecule has 5 heterocycles. The van der Waals surface area contributed by atoms with Gasteiger partial charge in [-0.05, 0) is 80.5 Å². The van der Waals surface area contributed by atoms with Crippen LogP contribution in [0.3, 0.4) is 0 Å². The third-order valence-electron chi connectivity index (χ3n) is 9.75. The van der Waals surface area contributed by atoms with Crippen molar-refractivity contribution in [1.82, 2.24) is 15.3 Å². The number of nitrogens with one attached hydrogen (secondary N) is 3. The maximum atomic E-state index is 13.5. The Labute approximate surface area is 308 Å². The van der Waals surface area contributed by atoms with Crippen molar-refractivity contribution in [3.63, 3.8) is 0 Å². The molecule has 6 rings (SSSR count). The van der Waals surface area contributed by atoms with Crippen LogP contribution in [0.15, 0.2) is 34.1 Å². The maximum absolute atomic E-state index is 13.5. The van der Waals surface area contributed by atoms with Gasteiger partial charge in [-0.15, -0.1) is 0 Å². The van der Waals surface area contributed by atoms with Crippen molar-refractivity contribution in [2.45, 2.75) is 72.8 Å². The number of ketones is 1. The summed E-state index contributed by atoms with van der Waals surface area (Å²) < 4.78 is 4.90. The minimum Gasteiger partial charge on any atom is -1.00 e. The first-order valence-corrected chi connectivity index (χ1v) is 15.0. The van der Waals surface area contributed by atoms with E-state index in [9.17, 15) is 9.59 Å². The molecule has 3 unspecified atom stereocenters. The van der Waals surface area contributed by atoms with Crippen LogP contribution in [0, 0.1) is 25.7 Å². The summed E-state index contributed by atoms with van der Waals surface area (Å²) in [6.07, 6.45) is 11.6. The van der Waals surface area contributed by atoms with Gasteiger partial charge in [-0.1, -0.05) is 26.5 Å². The summed E-state index contributed by atoms with van der Waals surface area (Å²) in [6.45, 7) is 14.9. The van der Waals surface area contributed by atoms with Crippen LogP contribution in [0.5, 0.6) is 0 Å². The Hall–Kier alpha value is -2.39. The Morgan fingerprint density at radius 3 is 2.48 bits per heavy atom. The molecule has 0 fully saturated rings. The molecule has 46 heavy (non-hydrogen) atoms. The third-order valence-corrected chi connectivity index (χ3v) is 9.75. The Balaban J connectivity index is 0.00000184. The molecule has 3 aliphatic heterocycles. The first kappa shape index (κ1) is 39.8. The van der Waals surface area contributed by atoms with Gasteiger partial charge < -0.3 is 57.2 Å². The number of hydrogen-bond acceptors (Lipinski definition) is 5. The zero-order valence-corrected chi connectivity index (χ0v) is 32.7. The van der Waals surface area contributed by atoms with E-state index in [1.165, 1.54) is 18.3 Å². The summed E-state index contributed by atoms with van der Waals surface area (Å²) in [5, 5.41) is 5.63. The molecule has 3 atom stereocenters. The van der Waals surface area contributed by atoms with E-state index in [2.05, 4.69) is 67.8 Å². The second-order valence-electron chi connectivity index (χ2n) is 12.0. The molecule has 4 aliphatic rings. The Morgan fingerprint density at radius 2 is 1.83 bits per heavy atom. The number of carbonyl (C=O) groups is 2. The van der Waals surface area contributed by atoms with Gasteiger partial charge in [0.25, 0.3) is 0 Å². The normalized spacial score (nSPS) is 23.6. The standard InChI is InChI=1S/C35H40N4O3.3ClH.In/c1-8-21-17(3)25-14-27-19(5)23(11-10-12-32(41)42-7)34(38-27)24-13-31(40)33-20(6)28(39-35(24)33)16-30-22(9-2)18(4)26(37-30)15-29(21)36-25;;;;/h8,14-16,19,23,30,36-37,39H,1,9-13H2,2-7H3;3*1H;/q;;;;+3/p-3/b26-15-,27-14-,28-16-;;;;. The smallest absolute Gasteiger partial charge is 1.00 e. The second kappa shape index (κ2) is 15.7. The van der Waals surface area contributed by atoms with Crippen molar-refractivity contribution in [3.05, 3.63) is 73.5 Å². The summed E-state index contributed by atoms with van der Waals surface area (Å²) in [7, 11) is 1.43. The molecule has 0 amide bonds. The summed E-state index contributed by atoms with van der Waals surface area (Å²) in [6, 6.07) is 0.0225. The summed E-state index contributed by atoms with van der Waals surface area (Å²) in [5.74, 6) is 0.144. The molecule has 0 radical (unpaired) electrons. The van der Waals surface area contributed by atoms with Crippen LogP contribution in [0.2, 0.25) is 0 Å². The summed E-state index contributed by atoms with van der Waals surface area (Å²) in [5.41, 5.74) is 12.6. The number of H-pyrrole nitrogens is 2. The number of halogens is 3. The fourth-order valence-corrected chi connectivity index (χ4v) is 7.27. The quantitative estimate of drug-likeness (QED) is 0.260. The number of fused-ring (bicyclic) bond motifs is 7. The Kier molecular flexibility index (Phi) is 13.6. The van der Waals surface area contributed by atoms with Crippen molar-refractivity contribution in [3.8, 4) is 0 Å². The van der Waals surface area contributed by atoms with Crippen LogP contribution < -0.4 is 53.2 Å². The average Bonchev–Trinajstić information content (AvgIpc) is 3.71. The molecule has 242 valence electrons. The summed E-state index contributed by atoms with van der Waals surface area (Å²) >= 11 is 0. The number of allylic oxidation sites excluding steroid dienone is 2. The van der Waals surface area contributed by atoms with E-state index in [-0.39, 0.29) is 92.7 Å². The monoisotopic (exact) mass is 784 g/mol. The first-order chi connectivity index (χ1) is 20.2. The van der Waals surface area contributed by atoms with Gasteiger partial charge >= 0.3 is 31.8 Å². The van der Waals surface area contributed by atoms with Gasteiger partial charge in [0.05, 0.1) is 24.2 Å². The van der Waals surface area contributed by atoms with Gasteiger partial charge in [0.2, 0.25) is 0 Å². The van der Waals surface area contributed by atoms with E-state index >= 15 is 0 Å². The number of methoxy groups -OCH3 is 1. The fourth-order valence-electron chi connectivity index (χ4n) is 7.27. The summed E-state index contributed by atoms with van der Waals surface area (Å²) in [4.78, 5) is 38.0. The van der Waals surface area contributed by atoms with Gasteiger partial charge in [-0.25, -0.2) is 0 Å². The zero-order valence-electron chi connectivity index (χ0n) is 27.2. The molecule has 2 aromatic heterocycles. The van der Waals surface area contributed by atoms with Crippen molar-refractivity contribution in [1.29, 1.82) is 0 Å². The minimum atomic E-state index is -0.203. The topological polar surface area (TPSA) is 99.3 Å². The minimum absolute atomic E-state index is 0. The molecule has 2 aromatic rings. The Morgan fingerprint density at radius 1 is 1.11 bits per heavy atom. The van der Waals surface area contributed by atoms with Crippen LogP contribution in [-0.4, -0.2) is 66.4 Å². The molecular weight excluding hydrogens is 746 g/mol. The fraction of sp³-hybridized carbons (Fsp3) is 0.400. The van der Waals surface area contributed by atoms with Crippen LogP contribution in [0.1, 0.15) is 91.3 Å². The van der Waals surface area contributed by atoms with E-state index < -0.39 is 0 Å². The van der Waals surface area contributed by atoms with Crippen LogP contribution in [-0.2, 0) is 9.53 Å². The van der Waals surface area contributed by atoms with E-state index in [4.69, 9.17) is 9.73 Å². The van der Waals surface area contributed by atoms with Crippen LogP contribution in [0.4, 0.5) is 0 Å². The second-order valence-corrected chi connectivity index (χ2v) is 12.0. The van der Waals surface area contributed by atoms with Crippen LogP contribution >= 0.6 is 0 Å². The number of rotatable bonds is 6. The molecule has 7 nitrogen and oxygen atoms in total. The molecule has 0 aromatic carbocycles. The van der Waals surface area contributed by atoms with E-state index in [0.717, 1.165) is 79.9 Å². The molecule has 0 spiro atoms. The molecular formula is C35H40Cl3InN4O3. The molecule has 1 aliphatic carbocycles. The van der Waals surface area contributed by atoms with E-state index in [1.807, 2.05) is 13.0 Å². The number of ether oxygens (including phenoxy) is 1. The number of carbonyl (C=O) groups excluding carboxylic acids is 2. The number of esters is 1. The number of aromatic amines is 2. The van der Waals surface area contributed by atoms with Crippen molar-refractivity contribution >= 4 is 73.2 Å². The average molecular weight is 786 g/mol.